The molecular weight excluding hydrogens is 268 g/mol. The fourth-order valence-electron chi connectivity index (χ4n) is 2.24. The second-order valence-electron chi connectivity index (χ2n) is 7.73. The smallest absolute Gasteiger partial charge is 0.303 e. The zero-order valence-electron chi connectivity index (χ0n) is 14.4. The molecule has 0 heterocycles. The highest BCUT2D eigenvalue weighted by Crippen LogP contribution is 2.28. The van der Waals surface area contributed by atoms with Crippen molar-refractivity contribution in [1.29, 1.82) is 0 Å². The third-order valence-corrected chi connectivity index (χ3v) is 3.94. The Morgan fingerprint density at radius 2 is 1.71 bits per heavy atom. The van der Waals surface area contributed by atoms with Gasteiger partial charge < -0.3 is 14.9 Å². The van der Waals surface area contributed by atoms with Crippen molar-refractivity contribution in [2.75, 3.05) is 13.2 Å². The van der Waals surface area contributed by atoms with E-state index >= 15 is 0 Å². The first-order valence-electron chi connectivity index (χ1n) is 8.02. The lowest BCUT2D eigenvalue weighted by Gasteiger charge is -2.24. The van der Waals surface area contributed by atoms with E-state index in [0.717, 1.165) is 38.7 Å². The summed E-state index contributed by atoms with van der Waals surface area (Å²) in [6, 6.07) is 0. The maximum Gasteiger partial charge on any atom is 0.303 e. The fraction of sp³-hybridized carbons (Fsp3) is 0.941. The van der Waals surface area contributed by atoms with Gasteiger partial charge in [0.05, 0.1) is 12.5 Å². The minimum Gasteiger partial charge on any atom is -0.481 e. The summed E-state index contributed by atoms with van der Waals surface area (Å²) in [4.78, 5) is 10.8. The van der Waals surface area contributed by atoms with Gasteiger partial charge in [0, 0.05) is 13.2 Å². The van der Waals surface area contributed by atoms with Gasteiger partial charge in [-0.2, -0.15) is 0 Å². The summed E-state index contributed by atoms with van der Waals surface area (Å²) in [6.45, 7) is 11.1. The highest BCUT2D eigenvalue weighted by molar-refractivity contribution is 5.67. The van der Waals surface area contributed by atoms with E-state index < -0.39 is 5.97 Å². The zero-order chi connectivity index (χ0) is 16.5. The quantitative estimate of drug-likeness (QED) is 0.537. The molecule has 0 radical (unpaired) electrons. The van der Waals surface area contributed by atoms with Gasteiger partial charge in [-0.05, 0) is 43.4 Å². The molecule has 0 saturated carbocycles. The Balaban J connectivity index is 3.72. The highest BCUT2D eigenvalue weighted by Gasteiger charge is 2.22. The van der Waals surface area contributed by atoms with Crippen molar-refractivity contribution in [3.63, 3.8) is 0 Å². The van der Waals surface area contributed by atoms with Gasteiger partial charge in [-0.3, -0.25) is 4.79 Å². The third-order valence-electron chi connectivity index (χ3n) is 3.94. The zero-order valence-corrected chi connectivity index (χ0v) is 14.4. The van der Waals surface area contributed by atoms with Gasteiger partial charge in [-0.1, -0.05) is 34.1 Å². The Morgan fingerprint density at radius 3 is 2.24 bits per heavy atom. The van der Waals surface area contributed by atoms with Gasteiger partial charge in [0.25, 0.3) is 0 Å². The van der Waals surface area contributed by atoms with Gasteiger partial charge in [0.1, 0.15) is 0 Å². The van der Waals surface area contributed by atoms with E-state index in [1.807, 2.05) is 13.8 Å². The van der Waals surface area contributed by atoms with Gasteiger partial charge in [-0.25, -0.2) is 0 Å². The van der Waals surface area contributed by atoms with Crippen LogP contribution < -0.4 is 0 Å². The summed E-state index contributed by atoms with van der Waals surface area (Å²) >= 11 is 0. The van der Waals surface area contributed by atoms with Crippen LogP contribution in [-0.2, 0) is 9.53 Å². The molecule has 0 aromatic heterocycles. The first-order valence-corrected chi connectivity index (χ1v) is 8.02. The number of ether oxygens (including phenoxy) is 1. The predicted octanol–water partition coefficient (Wildman–Crippen LogP) is 3.86. The summed E-state index contributed by atoms with van der Waals surface area (Å²) in [5, 5.41) is 18.0. The molecular formula is C17H34O4. The molecule has 0 fully saturated rings. The summed E-state index contributed by atoms with van der Waals surface area (Å²) < 4.78 is 5.78. The largest absolute Gasteiger partial charge is 0.481 e. The first kappa shape index (κ1) is 20.4. The van der Waals surface area contributed by atoms with Gasteiger partial charge in [-0.15, -0.1) is 0 Å². The van der Waals surface area contributed by atoms with Crippen molar-refractivity contribution >= 4 is 5.97 Å². The molecule has 0 aliphatic carbocycles. The van der Waals surface area contributed by atoms with Crippen LogP contribution >= 0.6 is 0 Å². The molecule has 0 aromatic rings. The molecule has 126 valence electrons. The lowest BCUT2D eigenvalue weighted by atomic mass is 9.83. The van der Waals surface area contributed by atoms with Crippen LogP contribution in [0.5, 0.6) is 0 Å². The topological polar surface area (TPSA) is 66.8 Å². The molecule has 0 amide bonds. The third kappa shape index (κ3) is 11.7. The molecule has 0 rings (SSSR count). The van der Waals surface area contributed by atoms with Gasteiger partial charge in [0.15, 0.2) is 0 Å². The lowest BCUT2D eigenvalue weighted by Crippen LogP contribution is -2.20. The Hall–Kier alpha value is -0.610. The number of unbranched alkanes of at least 4 members (excludes halogenated alkanes) is 1. The Bertz CT molecular complexity index is 297. The molecule has 4 nitrogen and oxygen atoms in total. The van der Waals surface area contributed by atoms with E-state index in [-0.39, 0.29) is 30.0 Å². The predicted molar refractivity (Wildman–Crippen MR) is 85.4 cm³/mol. The summed E-state index contributed by atoms with van der Waals surface area (Å²) in [6.07, 6.45) is 5.20. The Labute approximate surface area is 129 Å². The minimum atomic E-state index is -0.736. The van der Waals surface area contributed by atoms with E-state index in [1.165, 1.54) is 0 Å². The van der Waals surface area contributed by atoms with E-state index in [4.69, 9.17) is 9.84 Å². The average molecular weight is 302 g/mol. The molecule has 2 N–H and O–H groups in total. The second kappa shape index (κ2) is 9.42. The molecule has 0 bridgehead atoms. The first-order chi connectivity index (χ1) is 9.58. The fourth-order valence-corrected chi connectivity index (χ4v) is 2.24. The van der Waals surface area contributed by atoms with Crippen LogP contribution in [0.15, 0.2) is 0 Å². The molecule has 0 spiro atoms. The number of carboxylic acid groups (broad SMARTS) is 1. The van der Waals surface area contributed by atoms with E-state index in [0.29, 0.717) is 0 Å². The maximum atomic E-state index is 10.8. The number of carbonyl (C=O) groups is 1. The molecule has 1 unspecified atom stereocenters. The lowest BCUT2D eigenvalue weighted by molar-refractivity contribution is -0.139. The van der Waals surface area contributed by atoms with Crippen molar-refractivity contribution in [3.8, 4) is 0 Å². The maximum absolute atomic E-state index is 10.8. The number of hydrogen-bond acceptors (Lipinski definition) is 3. The molecule has 0 saturated heterocycles. The van der Waals surface area contributed by atoms with Crippen LogP contribution in [0.1, 0.15) is 73.1 Å². The van der Waals surface area contributed by atoms with Crippen molar-refractivity contribution in [2.45, 2.75) is 79.2 Å². The van der Waals surface area contributed by atoms with E-state index in [9.17, 15) is 9.90 Å². The van der Waals surface area contributed by atoms with E-state index in [1.54, 1.807) is 0 Å². The molecule has 1 atom stereocenters. The van der Waals surface area contributed by atoms with Gasteiger partial charge >= 0.3 is 5.97 Å². The molecule has 0 aliphatic heterocycles. The van der Waals surface area contributed by atoms with Crippen molar-refractivity contribution < 1.29 is 19.7 Å². The van der Waals surface area contributed by atoms with Crippen molar-refractivity contribution in [2.24, 2.45) is 10.8 Å². The molecule has 0 aromatic carbocycles. The van der Waals surface area contributed by atoms with Crippen LogP contribution in [-0.4, -0.2) is 35.5 Å². The summed E-state index contributed by atoms with van der Waals surface area (Å²) in [5.41, 5.74) is -0.166. The highest BCUT2D eigenvalue weighted by atomic mass is 16.5. The number of rotatable bonds is 12. The van der Waals surface area contributed by atoms with Gasteiger partial charge in [0.2, 0.25) is 0 Å². The molecule has 0 aliphatic rings. The monoisotopic (exact) mass is 302 g/mol. The average Bonchev–Trinajstić information content (AvgIpc) is 2.34. The minimum absolute atomic E-state index is 0.00642. The van der Waals surface area contributed by atoms with Crippen LogP contribution in [0, 0.1) is 10.8 Å². The molecule has 4 heteroatoms. The van der Waals surface area contributed by atoms with Crippen LogP contribution in [0.3, 0.4) is 0 Å². The SMILES string of the molecule is CC(CCC(C)(C)CC(=O)O)OCCCCC(C)(C)CO. The number of aliphatic carboxylic acids is 1. The number of aliphatic hydroxyl groups excluding tert-OH is 1. The number of hydrogen-bond donors (Lipinski definition) is 2. The van der Waals surface area contributed by atoms with Crippen LogP contribution in [0.4, 0.5) is 0 Å². The van der Waals surface area contributed by atoms with Crippen molar-refractivity contribution in [3.05, 3.63) is 0 Å². The van der Waals surface area contributed by atoms with E-state index in [2.05, 4.69) is 20.8 Å². The normalized spacial score (nSPS) is 14.2. The summed E-state index contributed by atoms with van der Waals surface area (Å²) in [7, 11) is 0. The second-order valence-corrected chi connectivity index (χ2v) is 7.73. The Kier molecular flexibility index (Phi) is 9.14. The summed E-state index contributed by atoms with van der Waals surface area (Å²) in [5.74, 6) is -0.736. The standard InChI is InChI=1S/C17H34O4/c1-14(8-10-16(2,3)12-15(19)20)21-11-7-6-9-17(4,5)13-18/h14,18H,6-13H2,1-5H3,(H,19,20). The molecule has 21 heavy (non-hydrogen) atoms. The van der Waals surface area contributed by atoms with Crippen LogP contribution in [0.2, 0.25) is 0 Å². The number of carboxylic acids is 1. The number of aliphatic hydroxyl groups is 1. The Morgan fingerprint density at radius 1 is 1.10 bits per heavy atom. The van der Waals surface area contributed by atoms with Crippen molar-refractivity contribution in [1.82, 2.24) is 0 Å². The van der Waals surface area contributed by atoms with Crippen LogP contribution in [0.25, 0.3) is 0 Å².